The second-order valence-corrected chi connectivity index (χ2v) is 12.7. The van der Waals surface area contributed by atoms with Gasteiger partial charge < -0.3 is 5.73 Å². The number of nitrogens with two attached hydrogens (primary N) is 1. The van der Waals surface area contributed by atoms with E-state index in [1.165, 1.54) is 75.2 Å². The summed E-state index contributed by atoms with van der Waals surface area (Å²) in [4.78, 5) is 2.77. The minimum Gasteiger partial charge on any atom is -0.405 e. The van der Waals surface area contributed by atoms with E-state index >= 15 is 0 Å². The van der Waals surface area contributed by atoms with Gasteiger partial charge in [-0.2, -0.15) is 0 Å². The quantitative estimate of drug-likeness (QED) is 0.144. The van der Waals surface area contributed by atoms with Gasteiger partial charge >= 0.3 is 0 Å². The number of allylic oxidation sites excluding steroid dienone is 4. The van der Waals surface area contributed by atoms with Crippen LogP contribution in [0.3, 0.4) is 0 Å². The fraction of sp³-hybridized carbons (Fsp3) is 0.128. The lowest BCUT2D eigenvalue weighted by Gasteiger charge is -2.23. The molecule has 0 saturated carbocycles. The maximum atomic E-state index is 6.17. The number of alkyl halides is 1. The topological polar surface area (TPSA) is 26.0 Å². The molecule has 0 aliphatic heterocycles. The maximum Gasteiger partial charge on any atom is 0.0270 e. The molecule has 0 bridgehead atoms. The van der Waals surface area contributed by atoms with Crippen molar-refractivity contribution >= 4 is 79.7 Å². The Labute approximate surface area is 265 Å². The van der Waals surface area contributed by atoms with E-state index in [4.69, 9.17) is 5.73 Å². The highest BCUT2D eigenvalue weighted by molar-refractivity contribution is 14.1. The summed E-state index contributed by atoms with van der Waals surface area (Å²) in [5.74, 6) is 0. The molecule has 2 aliphatic carbocycles. The van der Waals surface area contributed by atoms with Crippen molar-refractivity contribution in [3.8, 4) is 11.1 Å². The Morgan fingerprint density at radius 1 is 0.786 bits per heavy atom. The molecule has 1 nitrogen and oxygen atoms in total. The van der Waals surface area contributed by atoms with Gasteiger partial charge in [0.25, 0.3) is 0 Å². The average Bonchev–Trinajstić information content (AvgIpc) is 3.05. The van der Waals surface area contributed by atoms with Crippen molar-refractivity contribution in [2.45, 2.75) is 35.0 Å². The number of fused-ring (bicyclic) bond motifs is 3. The molecule has 0 saturated heterocycles. The van der Waals surface area contributed by atoms with Crippen molar-refractivity contribution in [3.63, 3.8) is 0 Å². The van der Waals surface area contributed by atoms with Gasteiger partial charge in [-0.15, -0.1) is 0 Å². The largest absolute Gasteiger partial charge is 0.405 e. The second-order valence-electron chi connectivity index (χ2n) is 10.9. The first-order valence-electron chi connectivity index (χ1n) is 14.6. The lowest BCUT2D eigenvalue weighted by atomic mass is 9.89. The minimum absolute atomic E-state index is 0.906. The van der Waals surface area contributed by atoms with E-state index in [9.17, 15) is 0 Å². The summed E-state index contributed by atoms with van der Waals surface area (Å²) in [6.45, 7) is 0. The molecule has 0 radical (unpaired) electrons. The van der Waals surface area contributed by atoms with Crippen LogP contribution in [0.1, 0.15) is 42.4 Å². The van der Waals surface area contributed by atoms with Crippen molar-refractivity contribution in [1.29, 1.82) is 0 Å². The first-order chi connectivity index (χ1) is 20.8. The maximum absolute atomic E-state index is 6.17. The lowest BCUT2D eigenvalue weighted by molar-refractivity contribution is 1.02. The summed E-state index contributed by atoms with van der Waals surface area (Å²) >= 11 is 4.50. The van der Waals surface area contributed by atoms with E-state index in [2.05, 4.69) is 138 Å². The van der Waals surface area contributed by atoms with E-state index in [0.717, 1.165) is 30.1 Å². The molecule has 5 aromatic carbocycles. The Morgan fingerprint density at radius 2 is 1.55 bits per heavy atom. The van der Waals surface area contributed by atoms with Gasteiger partial charge in [0.05, 0.1) is 0 Å². The lowest BCUT2D eigenvalue weighted by Crippen LogP contribution is -2.33. The molecule has 0 fully saturated rings. The molecule has 0 atom stereocenters. The van der Waals surface area contributed by atoms with Crippen LogP contribution in [0.5, 0.6) is 0 Å². The molecule has 2 aliphatic rings. The zero-order valence-corrected chi connectivity index (χ0v) is 26.4. The smallest absolute Gasteiger partial charge is 0.0270 e. The van der Waals surface area contributed by atoms with Crippen LogP contribution in [-0.2, 0) is 4.43 Å². The van der Waals surface area contributed by atoms with Crippen LogP contribution < -0.4 is 16.2 Å². The van der Waals surface area contributed by atoms with Crippen molar-refractivity contribution in [2.75, 3.05) is 0 Å². The van der Waals surface area contributed by atoms with Crippen LogP contribution in [0.25, 0.3) is 56.5 Å². The van der Waals surface area contributed by atoms with Gasteiger partial charge in [0.1, 0.15) is 0 Å². The third kappa shape index (κ3) is 4.93. The fourth-order valence-electron chi connectivity index (χ4n) is 6.47. The van der Waals surface area contributed by atoms with Crippen LogP contribution in [-0.4, -0.2) is 0 Å². The van der Waals surface area contributed by atoms with Crippen molar-refractivity contribution in [3.05, 3.63) is 135 Å². The molecule has 0 aromatic heterocycles. The highest BCUT2D eigenvalue weighted by Gasteiger charge is 2.22. The monoisotopic (exact) mass is 673 g/mol. The number of halogens is 1. The third-order valence-corrected chi connectivity index (χ3v) is 10.5. The molecule has 5 aromatic rings. The first-order valence-corrected chi connectivity index (χ1v) is 17.0. The highest BCUT2D eigenvalue weighted by Crippen LogP contribution is 2.42. The molecule has 3 heteroatoms. The van der Waals surface area contributed by atoms with Crippen molar-refractivity contribution in [1.82, 2.24) is 0 Å². The Morgan fingerprint density at radius 3 is 2.38 bits per heavy atom. The highest BCUT2D eigenvalue weighted by atomic mass is 127. The predicted octanol–water partition coefficient (Wildman–Crippen LogP) is 9.73. The summed E-state index contributed by atoms with van der Waals surface area (Å²) in [5.41, 5.74) is 14.1. The van der Waals surface area contributed by atoms with E-state index in [1.54, 1.807) is 6.20 Å². The Hall–Kier alpha value is -3.54. The van der Waals surface area contributed by atoms with E-state index < -0.39 is 0 Å². The molecule has 2 N–H and O–H groups in total. The summed E-state index contributed by atoms with van der Waals surface area (Å²) in [6.07, 6.45) is 17.7. The van der Waals surface area contributed by atoms with Crippen LogP contribution in [0, 0.1) is 0 Å². The SMILES string of the molecule is N/C=C\c1c(CI)c(-c2ccc3ccccc3c2)c2c(c1SC1=C(c3cccc4ccccc34)C=CCC1)=CCCC=2. The first kappa shape index (κ1) is 27.3. The zero-order valence-electron chi connectivity index (χ0n) is 23.4. The van der Waals surface area contributed by atoms with Gasteiger partial charge in [-0.25, -0.2) is 0 Å². The average molecular weight is 674 g/mol. The summed E-state index contributed by atoms with van der Waals surface area (Å²) in [7, 11) is 0. The number of thioether (sulfide) groups is 1. The predicted molar refractivity (Wildman–Crippen MR) is 193 cm³/mol. The van der Waals surface area contributed by atoms with Gasteiger partial charge in [0.2, 0.25) is 0 Å². The third-order valence-electron chi connectivity index (χ3n) is 8.40. The van der Waals surface area contributed by atoms with Gasteiger partial charge in [-0.1, -0.05) is 138 Å². The molecular formula is C39H32INS. The molecule has 206 valence electrons. The van der Waals surface area contributed by atoms with E-state index in [0.29, 0.717) is 0 Å². The van der Waals surface area contributed by atoms with Gasteiger partial charge in [-0.3, -0.25) is 0 Å². The Kier molecular flexibility index (Phi) is 7.79. The van der Waals surface area contributed by atoms with Crippen molar-refractivity contribution in [2.24, 2.45) is 5.73 Å². The molecular weight excluding hydrogens is 641 g/mol. The van der Waals surface area contributed by atoms with Crippen LogP contribution in [0.15, 0.2) is 113 Å². The Bertz CT molecular complexity index is 2060. The number of hydrogen-bond donors (Lipinski definition) is 1. The molecule has 0 heterocycles. The van der Waals surface area contributed by atoms with Crippen LogP contribution in [0.2, 0.25) is 0 Å². The summed E-state index contributed by atoms with van der Waals surface area (Å²) in [5, 5.41) is 7.87. The summed E-state index contributed by atoms with van der Waals surface area (Å²) in [6, 6.07) is 31.0. The molecule has 42 heavy (non-hydrogen) atoms. The van der Waals surface area contributed by atoms with Crippen LogP contribution >= 0.6 is 34.4 Å². The Balaban J connectivity index is 1.48. The second kappa shape index (κ2) is 12.0. The summed E-state index contributed by atoms with van der Waals surface area (Å²) < 4.78 is 0.906. The van der Waals surface area contributed by atoms with Gasteiger partial charge in [0.15, 0.2) is 0 Å². The van der Waals surface area contributed by atoms with Gasteiger partial charge in [-0.05, 0) is 114 Å². The number of benzene rings is 5. The normalized spacial score (nSPS) is 14.8. The van der Waals surface area contributed by atoms with E-state index in [-0.39, 0.29) is 0 Å². The number of hydrogen-bond acceptors (Lipinski definition) is 2. The molecule has 7 rings (SSSR count). The minimum atomic E-state index is 0.906. The standard InChI is InChI=1S/C39H32INS/c40-25-36-35(22-23-41)39(42-37-19-8-7-15-32(37)31-18-9-13-27-11-3-4-14-30(27)31)34-17-6-5-16-33(34)38(36)29-21-20-26-10-1-2-12-28(26)24-29/h1-4,7,9-18,20-24H,5-6,8,19,25,41H2/b23-22-. The van der Waals surface area contributed by atoms with Crippen molar-refractivity contribution < 1.29 is 0 Å². The van der Waals surface area contributed by atoms with E-state index in [1.807, 2.05) is 11.8 Å². The molecule has 0 amide bonds. The number of rotatable bonds is 6. The molecule has 0 unspecified atom stereocenters. The van der Waals surface area contributed by atoms with Crippen LogP contribution in [0.4, 0.5) is 0 Å². The molecule has 0 spiro atoms. The zero-order chi connectivity index (χ0) is 28.5. The fourth-order valence-corrected chi connectivity index (χ4v) is 8.63. The van der Waals surface area contributed by atoms with Gasteiger partial charge in [0, 0.05) is 9.32 Å².